The van der Waals surface area contributed by atoms with Gasteiger partial charge in [0.25, 0.3) is 0 Å². The van der Waals surface area contributed by atoms with Crippen molar-refractivity contribution in [2.24, 2.45) is 0 Å². The average Bonchev–Trinajstić information content (AvgIpc) is 2.34. The standard InChI is InChI=1S/C16H28N2S2/c1-6-20-16(4,5)12-18-14-10-8-7-9-13(14)17-11-15(2,3)19/h7-10,17-19H,6,11-12H2,1-5H3. The molecule has 0 aliphatic heterocycles. The van der Waals surface area contributed by atoms with E-state index in [2.05, 4.69) is 82.1 Å². The molecule has 0 fully saturated rings. The normalized spacial score (nSPS) is 12.3. The Balaban J connectivity index is 2.66. The van der Waals surface area contributed by atoms with Crippen LogP contribution in [0.25, 0.3) is 0 Å². The van der Waals surface area contributed by atoms with Crippen LogP contribution in [0.1, 0.15) is 34.6 Å². The average molecular weight is 313 g/mol. The van der Waals surface area contributed by atoms with E-state index in [1.54, 1.807) is 0 Å². The molecule has 20 heavy (non-hydrogen) atoms. The van der Waals surface area contributed by atoms with E-state index in [1.165, 1.54) is 0 Å². The van der Waals surface area contributed by atoms with Crippen LogP contribution in [0.4, 0.5) is 11.4 Å². The van der Waals surface area contributed by atoms with Crippen LogP contribution in [0.2, 0.25) is 0 Å². The van der Waals surface area contributed by atoms with Crippen molar-refractivity contribution < 1.29 is 0 Å². The number of benzene rings is 1. The van der Waals surface area contributed by atoms with E-state index in [1.807, 2.05) is 11.8 Å². The molecule has 0 aliphatic carbocycles. The number of hydrogen-bond acceptors (Lipinski definition) is 4. The van der Waals surface area contributed by atoms with Crippen LogP contribution in [0.5, 0.6) is 0 Å². The number of thioether (sulfide) groups is 1. The highest BCUT2D eigenvalue weighted by Gasteiger charge is 2.18. The third-order valence-electron chi connectivity index (χ3n) is 2.88. The first-order valence-electron chi connectivity index (χ1n) is 7.17. The quantitative estimate of drug-likeness (QED) is 0.604. The summed E-state index contributed by atoms with van der Waals surface area (Å²) in [5.74, 6) is 1.14. The molecule has 0 aliphatic rings. The minimum atomic E-state index is -0.0234. The molecule has 0 spiro atoms. The van der Waals surface area contributed by atoms with Crippen LogP contribution in [0, 0.1) is 0 Å². The Morgan fingerprint density at radius 3 is 1.95 bits per heavy atom. The third kappa shape index (κ3) is 6.80. The van der Waals surface area contributed by atoms with Gasteiger partial charge in [-0.2, -0.15) is 24.4 Å². The molecule has 1 aromatic rings. The van der Waals surface area contributed by atoms with Crippen molar-refractivity contribution in [3.8, 4) is 0 Å². The van der Waals surface area contributed by atoms with Crippen molar-refractivity contribution in [2.45, 2.75) is 44.1 Å². The minimum Gasteiger partial charge on any atom is -0.382 e. The number of hydrogen-bond donors (Lipinski definition) is 3. The molecule has 0 radical (unpaired) electrons. The van der Waals surface area contributed by atoms with Crippen LogP contribution in [-0.2, 0) is 0 Å². The Morgan fingerprint density at radius 1 is 1.00 bits per heavy atom. The van der Waals surface area contributed by atoms with Crippen molar-refractivity contribution >= 4 is 35.8 Å². The summed E-state index contributed by atoms with van der Waals surface area (Å²) in [4.78, 5) is 0. The fourth-order valence-corrected chi connectivity index (χ4v) is 2.89. The van der Waals surface area contributed by atoms with Gasteiger partial charge in [-0.3, -0.25) is 0 Å². The fourth-order valence-electron chi connectivity index (χ4n) is 1.85. The second-order valence-corrected chi connectivity index (χ2v) is 9.44. The van der Waals surface area contributed by atoms with Gasteiger partial charge in [0.1, 0.15) is 0 Å². The highest BCUT2D eigenvalue weighted by molar-refractivity contribution is 8.00. The largest absolute Gasteiger partial charge is 0.382 e. The zero-order chi connectivity index (χ0) is 15.2. The van der Waals surface area contributed by atoms with Crippen LogP contribution in [0.3, 0.4) is 0 Å². The molecule has 4 heteroatoms. The molecule has 1 rings (SSSR count). The van der Waals surface area contributed by atoms with Gasteiger partial charge in [-0.1, -0.05) is 19.1 Å². The lowest BCUT2D eigenvalue weighted by molar-refractivity contribution is 0.747. The molecule has 1 aromatic carbocycles. The molecule has 2 N–H and O–H groups in total. The maximum atomic E-state index is 4.56. The highest BCUT2D eigenvalue weighted by atomic mass is 32.2. The van der Waals surface area contributed by atoms with E-state index >= 15 is 0 Å². The lowest BCUT2D eigenvalue weighted by Crippen LogP contribution is -2.27. The Morgan fingerprint density at radius 2 is 1.50 bits per heavy atom. The molecule has 0 heterocycles. The van der Waals surface area contributed by atoms with Gasteiger partial charge in [-0.15, -0.1) is 0 Å². The highest BCUT2D eigenvalue weighted by Crippen LogP contribution is 2.27. The molecule has 114 valence electrons. The first kappa shape index (κ1) is 17.6. The van der Waals surface area contributed by atoms with Gasteiger partial charge in [0.15, 0.2) is 0 Å². The summed E-state index contributed by atoms with van der Waals surface area (Å²) in [6.45, 7) is 12.8. The molecule has 0 amide bonds. The molecule has 0 saturated carbocycles. The Labute approximate surface area is 133 Å². The first-order valence-corrected chi connectivity index (χ1v) is 8.60. The number of anilines is 2. The number of thiol groups is 1. The van der Waals surface area contributed by atoms with Gasteiger partial charge in [-0.25, -0.2) is 0 Å². The fraction of sp³-hybridized carbons (Fsp3) is 0.625. The predicted octanol–water partition coefficient (Wildman–Crippen LogP) is 4.75. The lowest BCUT2D eigenvalue weighted by Gasteiger charge is -2.26. The molecular weight excluding hydrogens is 284 g/mol. The second kappa shape index (κ2) is 7.51. The van der Waals surface area contributed by atoms with Gasteiger partial charge in [-0.05, 0) is 45.6 Å². The summed E-state index contributed by atoms with van der Waals surface area (Å²) in [5.41, 5.74) is 2.31. The summed E-state index contributed by atoms with van der Waals surface area (Å²) in [5, 5.41) is 7.04. The number of para-hydroxylation sites is 2. The minimum absolute atomic E-state index is 0.0234. The number of nitrogens with one attached hydrogen (secondary N) is 2. The first-order chi connectivity index (χ1) is 9.23. The van der Waals surface area contributed by atoms with Crippen LogP contribution >= 0.6 is 24.4 Å². The molecule has 0 unspecified atom stereocenters. The van der Waals surface area contributed by atoms with Crippen molar-refractivity contribution in [2.75, 3.05) is 29.5 Å². The monoisotopic (exact) mass is 312 g/mol. The van der Waals surface area contributed by atoms with Gasteiger partial charge >= 0.3 is 0 Å². The Bertz CT molecular complexity index is 411. The third-order valence-corrected chi connectivity index (χ3v) is 4.25. The number of rotatable bonds is 8. The van der Waals surface area contributed by atoms with Gasteiger partial charge in [0.05, 0.1) is 11.4 Å². The van der Waals surface area contributed by atoms with Crippen molar-refractivity contribution in [1.82, 2.24) is 0 Å². The van der Waals surface area contributed by atoms with Crippen molar-refractivity contribution in [3.05, 3.63) is 24.3 Å². The lowest BCUT2D eigenvalue weighted by atomic mass is 10.1. The van der Waals surface area contributed by atoms with E-state index in [4.69, 9.17) is 0 Å². The van der Waals surface area contributed by atoms with Crippen molar-refractivity contribution in [1.29, 1.82) is 0 Å². The van der Waals surface area contributed by atoms with Crippen LogP contribution in [-0.4, -0.2) is 28.3 Å². The van der Waals surface area contributed by atoms with Crippen molar-refractivity contribution in [3.63, 3.8) is 0 Å². The van der Waals surface area contributed by atoms with E-state index in [-0.39, 0.29) is 9.49 Å². The van der Waals surface area contributed by atoms with Gasteiger partial charge in [0, 0.05) is 22.6 Å². The topological polar surface area (TPSA) is 24.1 Å². The Hall–Kier alpha value is -0.480. The molecule has 0 saturated heterocycles. The van der Waals surface area contributed by atoms with E-state index in [9.17, 15) is 0 Å². The van der Waals surface area contributed by atoms with Gasteiger partial charge < -0.3 is 10.6 Å². The maximum Gasteiger partial charge on any atom is 0.0576 e. The van der Waals surface area contributed by atoms with E-state index in [0.717, 1.165) is 30.2 Å². The smallest absolute Gasteiger partial charge is 0.0576 e. The SMILES string of the molecule is CCSC(C)(C)CNc1ccccc1NCC(C)(C)S. The van der Waals surface area contributed by atoms with Gasteiger partial charge in [0.2, 0.25) is 0 Å². The molecule has 0 bridgehead atoms. The molecule has 2 nitrogen and oxygen atoms in total. The Kier molecular flexibility index (Phi) is 6.59. The summed E-state index contributed by atoms with van der Waals surface area (Å²) in [7, 11) is 0. The zero-order valence-electron chi connectivity index (χ0n) is 13.3. The summed E-state index contributed by atoms with van der Waals surface area (Å²) < 4.78 is 0.217. The molecule has 0 atom stereocenters. The molecule has 0 aromatic heterocycles. The zero-order valence-corrected chi connectivity index (χ0v) is 15.0. The van der Waals surface area contributed by atoms with E-state index < -0.39 is 0 Å². The summed E-state index contributed by atoms with van der Waals surface area (Å²) in [6, 6.07) is 8.37. The summed E-state index contributed by atoms with van der Waals surface area (Å²) in [6.07, 6.45) is 0. The molecular formula is C16H28N2S2. The van der Waals surface area contributed by atoms with Crippen LogP contribution < -0.4 is 10.6 Å². The maximum absolute atomic E-state index is 4.56. The second-order valence-electron chi connectivity index (χ2n) is 6.26. The van der Waals surface area contributed by atoms with E-state index in [0.29, 0.717) is 0 Å². The summed E-state index contributed by atoms with van der Waals surface area (Å²) >= 11 is 6.54. The predicted molar refractivity (Wildman–Crippen MR) is 98.7 cm³/mol. The van der Waals surface area contributed by atoms with Crippen LogP contribution in [0.15, 0.2) is 24.3 Å².